The summed E-state index contributed by atoms with van der Waals surface area (Å²) in [5, 5.41) is 9.25. The van der Waals surface area contributed by atoms with Crippen molar-refractivity contribution in [2.75, 3.05) is 0 Å². The molecule has 0 saturated carbocycles. The molecule has 1 atom stereocenters. The van der Waals surface area contributed by atoms with E-state index in [0.29, 0.717) is 5.56 Å². The van der Waals surface area contributed by atoms with Gasteiger partial charge in [0.1, 0.15) is 0 Å². The molecule has 0 amide bonds. The maximum absolute atomic E-state index is 12.1. The largest absolute Gasteiger partial charge is 0.384 e. The molecule has 0 heterocycles. The Morgan fingerprint density at radius 2 is 1.62 bits per heavy atom. The Balaban J connectivity index is 2.87. The normalized spacial score (nSPS) is 12.9. The lowest BCUT2D eigenvalue weighted by atomic mass is 10.1. The number of hydrogen-bond donors (Lipinski definition) is 1. The van der Waals surface area contributed by atoms with E-state index in [0.717, 1.165) is 0 Å². The van der Waals surface area contributed by atoms with Gasteiger partial charge in [-0.2, -0.15) is 0 Å². The van der Waals surface area contributed by atoms with Gasteiger partial charge < -0.3 is 5.11 Å². The lowest BCUT2D eigenvalue weighted by Gasteiger charge is -2.06. The highest BCUT2D eigenvalue weighted by Gasteiger charge is 2.07. The Morgan fingerprint density at radius 1 is 1.15 bits per heavy atom. The fourth-order valence-corrected chi connectivity index (χ4v) is 0.975. The fourth-order valence-electron chi connectivity index (χ4n) is 0.975. The van der Waals surface area contributed by atoms with E-state index in [1.54, 1.807) is 0 Å². The molecule has 0 saturated heterocycles. The van der Waals surface area contributed by atoms with Gasteiger partial charge in [-0.1, -0.05) is 30.3 Å². The fraction of sp³-hybridized carbons (Fsp3) is 0.200. The van der Waals surface area contributed by atoms with Crippen molar-refractivity contribution in [1.82, 2.24) is 0 Å². The van der Waals surface area contributed by atoms with E-state index in [-0.39, 0.29) is 5.56 Å². The topological polar surface area (TPSA) is 20.2 Å². The van der Waals surface area contributed by atoms with Crippen molar-refractivity contribution >= 4 is 0 Å². The molecular formula is C10H10F2O. The van der Waals surface area contributed by atoms with Gasteiger partial charge in [-0.15, -0.1) is 6.58 Å². The average molecular weight is 184 g/mol. The zero-order valence-corrected chi connectivity index (χ0v) is 6.95. The summed E-state index contributed by atoms with van der Waals surface area (Å²) in [5.74, 6) is 0. The zero-order chi connectivity index (χ0) is 9.84. The third-order valence-electron chi connectivity index (χ3n) is 1.75. The standard InChI is InChI=1S/C10H10F2O/c1-2-9(13)7-3-5-8(6-4-7)10(11)12/h2-6,9-10,13H,1H2. The van der Waals surface area contributed by atoms with Crippen LogP contribution in [0.2, 0.25) is 0 Å². The highest BCUT2D eigenvalue weighted by Crippen LogP contribution is 2.21. The summed E-state index contributed by atoms with van der Waals surface area (Å²) < 4.78 is 24.2. The Labute approximate surface area is 75.3 Å². The molecule has 1 aromatic rings. The first-order chi connectivity index (χ1) is 6.15. The monoisotopic (exact) mass is 184 g/mol. The quantitative estimate of drug-likeness (QED) is 0.716. The highest BCUT2D eigenvalue weighted by atomic mass is 19.3. The molecule has 0 aliphatic rings. The molecule has 0 bridgehead atoms. The minimum atomic E-state index is -2.46. The Morgan fingerprint density at radius 3 is 2.00 bits per heavy atom. The van der Waals surface area contributed by atoms with Crippen LogP contribution in [0, 0.1) is 0 Å². The second-order valence-electron chi connectivity index (χ2n) is 2.65. The third kappa shape index (κ3) is 2.36. The maximum atomic E-state index is 12.1. The molecule has 0 fully saturated rings. The zero-order valence-electron chi connectivity index (χ0n) is 6.95. The molecule has 0 radical (unpaired) electrons. The summed E-state index contributed by atoms with van der Waals surface area (Å²) >= 11 is 0. The predicted octanol–water partition coefficient (Wildman–Crippen LogP) is 2.84. The van der Waals surface area contributed by atoms with Crippen LogP contribution in [0.5, 0.6) is 0 Å². The van der Waals surface area contributed by atoms with E-state index in [1.807, 2.05) is 0 Å². The summed E-state index contributed by atoms with van der Waals surface area (Å²) in [6.07, 6.45) is -1.90. The molecule has 1 aromatic carbocycles. The lowest BCUT2D eigenvalue weighted by molar-refractivity contribution is 0.151. The predicted molar refractivity (Wildman–Crippen MR) is 46.6 cm³/mol. The van der Waals surface area contributed by atoms with Gasteiger partial charge in [-0.05, 0) is 5.56 Å². The highest BCUT2D eigenvalue weighted by molar-refractivity contribution is 5.26. The van der Waals surface area contributed by atoms with Crippen molar-refractivity contribution in [2.24, 2.45) is 0 Å². The second-order valence-corrected chi connectivity index (χ2v) is 2.65. The van der Waals surface area contributed by atoms with E-state index in [1.165, 1.54) is 30.3 Å². The Kier molecular flexibility index (Phi) is 3.14. The van der Waals surface area contributed by atoms with E-state index < -0.39 is 12.5 Å². The summed E-state index contributed by atoms with van der Waals surface area (Å²) in [7, 11) is 0. The van der Waals surface area contributed by atoms with Gasteiger partial charge >= 0.3 is 0 Å². The van der Waals surface area contributed by atoms with Crippen molar-refractivity contribution in [1.29, 1.82) is 0 Å². The number of hydrogen-bond acceptors (Lipinski definition) is 1. The van der Waals surface area contributed by atoms with Gasteiger partial charge in [0.15, 0.2) is 0 Å². The van der Waals surface area contributed by atoms with E-state index >= 15 is 0 Å². The molecule has 1 rings (SSSR count). The van der Waals surface area contributed by atoms with Crippen molar-refractivity contribution < 1.29 is 13.9 Å². The molecule has 0 aliphatic carbocycles. The van der Waals surface area contributed by atoms with Crippen molar-refractivity contribution in [3.05, 3.63) is 48.0 Å². The SMILES string of the molecule is C=CC(O)c1ccc(C(F)F)cc1. The molecule has 13 heavy (non-hydrogen) atoms. The van der Waals surface area contributed by atoms with Crippen LogP contribution in [0.3, 0.4) is 0 Å². The summed E-state index contributed by atoms with van der Waals surface area (Å²) in [4.78, 5) is 0. The summed E-state index contributed by atoms with van der Waals surface area (Å²) in [6, 6.07) is 5.53. The Hall–Kier alpha value is -1.22. The molecule has 3 heteroatoms. The van der Waals surface area contributed by atoms with Crippen molar-refractivity contribution in [3.63, 3.8) is 0 Å². The van der Waals surface area contributed by atoms with E-state index in [2.05, 4.69) is 6.58 Å². The molecule has 0 spiro atoms. The minimum absolute atomic E-state index is 0.0417. The van der Waals surface area contributed by atoms with Crippen molar-refractivity contribution in [2.45, 2.75) is 12.5 Å². The summed E-state index contributed by atoms with van der Waals surface area (Å²) in [6.45, 7) is 3.40. The number of benzene rings is 1. The number of alkyl halides is 2. The minimum Gasteiger partial charge on any atom is -0.384 e. The first kappa shape index (κ1) is 9.86. The molecule has 70 valence electrons. The molecule has 0 aromatic heterocycles. The van der Waals surface area contributed by atoms with Crippen LogP contribution in [-0.4, -0.2) is 5.11 Å². The van der Waals surface area contributed by atoms with Crippen LogP contribution >= 0.6 is 0 Å². The van der Waals surface area contributed by atoms with Crippen molar-refractivity contribution in [3.8, 4) is 0 Å². The van der Waals surface area contributed by atoms with Crippen LogP contribution in [0.25, 0.3) is 0 Å². The van der Waals surface area contributed by atoms with Gasteiger partial charge in [-0.25, -0.2) is 8.78 Å². The van der Waals surface area contributed by atoms with Gasteiger partial charge in [-0.3, -0.25) is 0 Å². The molecule has 1 nitrogen and oxygen atoms in total. The van der Waals surface area contributed by atoms with Gasteiger partial charge in [0, 0.05) is 5.56 Å². The Bertz CT molecular complexity index is 279. The molecule has 0 aliphatic heterocycles. The van der Waals surface area contributed by atoms with Crippen LogP contribution < -0.4 is 0 Å². The molecular weight excluding hydrogens is 174 g/mol. The molecule has 1 unspecified atom stereocenters. The van der Waals surface area contributed by atoms with Crippen LogP contribution in [0.1, 0.15) is 23.7 Å². The number of aliphatic hydroxyl groups is 1. The second kappa shape index (κ2) is 4.14. The van der Waals surface area contributed by atoms with Gasteiger partial charge in [0.05, 0.1) is 6.10 Å². The average Bonchev–Trinajstić information content (AvgIpc) is 2.17. The number of rotatable bonds is 3. The molecule has 1 N–H and O–H groups in total. The van der Waals surface area contributed by atoms with E-state index in [9.17, 15) is 13.9 Å². The number of halogens is 2. The first-order valence-electron chi connectivity index (χ1n) is 3.83. The van der Waals surface area contributed by atoms with Crippen LogP contribution in [0.15, 0.2) is 36.9 Å². The lowest BCUT2D eigenvalue weighted by Crippen LogP contribution is -1.93. The van der Waals surface area contributed by atoms with Crippen LogP contribution in [-0.2, 0) is 0 Å². The van der Waals surface area contributed by atoms with Gasteiger partial charge in [0.25, 0.3) is 6.43 Å². The third-order valence-corrected chi connectivity index (χ3v) is 1.75. The summed E-state index contributed by atoms with van der Waals surface area (Å²) in [5.41, 5.74) is 0.527. The maximum Gasteiger partial charge on any atom is 0.263 e. The van der Waals surface area contributed by atoms with Crippen LogP contribution in [0.4, 0.5) is 8.78 Å². The smallest absolute Gasteiger partial charge is 0.263 e. The number of aliphatic hydroxyl groups excluding tert-OH is 1. The first-order valence-corrected chi connectivity index (χ1v) is 3.83. The van der Waals surface area contributed by atoms with E-state index in [4.69, 9.17) is 0 Å². The van der Waals surface area contributed by atoms with Gasteiger partial charge in [0.2, 0.25) is 0 Å².